The predicted molar refractivity (Wildman–Crippen MR) is 74.4 cm³/mol. The van der Waals surface area contributed by atoms with Crippen molar-refractivity contribution < 1.29 is 8.78 Å². The van der Waals surface area contributed by atoms with Crippen LogP contribution in [0.1, 0.15) is 27.2 Å². The number of benzene rings is 1. The molecule has 106 valence electrons. The van der Waals surface area contributed by atoms with Gasteiger partial charge >= 0.3 is 0 Å². The zero-order valence-corrected chi connectivity index (χ0v) is 11.8. The number of nitrogens with one attached hydrogen (secondary N) is 1. The highest BCUT2D eigenvalue weighted by atomic mass is 19.2. The first-order valence-corrected chi connectivity index (χ1v) is 6.92. The second-order valence-electron chi connectivity index (χ2n) is 5.83. The molecule has 1 heterocycles. The summed E-state index contributed by atoms with van der Waals surface area (Å²) in [6, 6.07) is 4.85. The topological polar surface area (TPSA) is 15.3 Å². The third kappa shape index (κ3) is 3.44. The molecule has 1 saturated heterocycles. The first-order valence-electron chi connectivity index (χ1n) is 6.92. The van der Waals surface area contributed by atoms with Gasteiger partial charge in [0.15, 0.2) is 11.6 Å². The number of piperazine rings is 1. The van der Waals surface area contributed by atoms with Gasteiger partial charge in [0.25, 0.3) is 0 Å². The lowest BCUT2D eigenvalue weighted by Crippen LogP contribution is -2.56. The molecule has 0 amide bonds. The quantitative estimate of drug-likeness (QED) is 0.905. The second kappa shape index (κ2) is 5.87. The van der Waals surface area contributed by atoms with E-state index in [0.717, 1.165) is 25.2 Å². The summed E-state index contributed by atoms with van der Waals surface area (Å²) >= 11 is 0. The van der Waals surface area contributed by atoms with Crippen LogP contribution in [0.4, 0.5) is 14.5 Å². The van der Waals surface area contributed by atoms with Gasteiger partial charge in [0.1, 0.15) is 0 Å². The van der Waals surface area contributed by atoms with Crippen LogP contribution in [0.3, 0.4) is 0 Å². The molecular formula is C15H22F2N2. The largest absolute Gasteiger partial charge is 0.366 e. The Kier molecular flexibility index (Phi) is 4.40. The van der Waals surface area contributed by atoms with Crippen molar-refractivity contribution in [2.45, 2.75) is 39.3 Å². The van der Waals surface area contributed by atoms with Gasteiger partial charge < -0.3 is 10.2 Å². The van der Waals surface area contributed by atoms with Crippen LogP contribution in [0.15, 0.2) is 18.2 Å². The van der Waals surface area contributed by atoms with E-state index in [1.54, 1.807) is 6.07 Å². The van der Waals surface area contributed by atoms with Crippen molar-refractivity contribution in [3.05, 3.63) is 29.8 Å². The van der Waals surface area contributed by atoms with Crippen LogP contribution in [-0.2, 0) is 0 Å². The van der Waals surface area contributed by atoms with Gasteiger partial charge in [0.2, 0.25) is 0 Å². The molecule has 0 bridgehead atoms. The summed E-state index contributed by atoms with van der Waals surface area (Å²) in [5, 5.41) is 3.52. The molecule has 1 aliphatic heterocycles. The molecule has 0 aromatic heterocycles. The number of rotatable bonds is 3. The fourth-order valence-corrected chi connectivity index (χ4v) is 2.68. The average Bonchev–Trinajstić information content (AvgIpc) is 2.34. The van der Waals surface area contributed by atoms with Crippen molar-refractivity contribution >= 4 is 5.69 Å². The van der Waals surface area contributed by atoms with E-state index in [1.165, 1.54) is 12.1 Å². The van der Waals surface area contributed by atoms with Crippen LogP contribution in [0.25, 0.3) is 0 Å². The Morgan fingerprint density at radius 1 is 1.32 bits per heavy atom. The van der Waals surface area contributed by atoms with Gasteiger partial charge in [-0.05, 0) is 31.4 Å². The zero-order chi connectivity index (χ0) is 14.0. The van der Waals surface area contributed by atoms with Gasteiger partial charge in [-0.3, -0.25) is 0 Å². The average molecular weight is 268 g/mol. The maximum atomic E-state index is 13.4. The van der Waals surface area contributed by atoms with E-state index >= 15 is 0 Å². The molecule has 0 spiro atoms. The molecule has 2 unspecified atom stereocenters. The van der Waals surface area contributed by atoms with Gasteiger partial charge in [-0.15, -0.1) is 0 Å². The second-order valence-corrected chi connectivity index (χ2v) is 5.83. The Labute approximate surface area is 113 Å². The summed E-state index contributed by atoms with van der Waals surface area (Å²) in [5.74, 6) is -0.938. The Hall–Kier alpha value is -1.16. The molecule has 1 aromatic rings. The SMILES string of the molecule is CC(C)CC1CN(c2ccc(F)c(F)c2)C(C)CN1. The minimum atomic E-state index is -0.787. The van der Waals surface area contributed by atoms with E-state index in [1.807, 2.05) is 0 Å². The minimum absolute atomic E-state index is 0.285. The standard InChI is InChI=1S/C15H22F2N2/c1-10(2)6-12-9-19(11(3)8-18-12)13-4-5-14(16)15(17)7-13/h4-5,7,10-12,18H,6,8-9H2,1-3H3. The molecule has 1 aromatic carbocycles. The van der Waals surface area contributed by atoms with Gasteiger partial charge in [0, 0.05) is 36.9 Å². The van der Waals surface area contributed by atoms with Crippen molar-refractivity contribution in [2.75, 3.05) is 18.0 Å². The van der Waals surface area contributed by atoms with Crippen molar-refractivity contribution in [3.8, 4) is 0 Å². The molecule has 2 rings (SSSR count). The molecule has 1 fully saturated rings. The first kappa shape index (κ1) is 14.3. The van der Waals surface area contributed by atoms with E-state index in [4.69, 9.17) is 0 Å². The van der Waals surface area contributed by atoms with E-state index in [0.29, 0.717) is 12.0 Å². The summed E-state index contributed by atoms with van der Waals surface area (Å²) in [6.07, 6.45) is 1.09. The Bertz CT molecular complexity index is 434. The van der Waals surface area contributed by atoms with E-state index < -0.39 is 11.6 Å². The Morgan fingerprint density at radius 3 is 2.68 bits per heavy atom. The van der Waals surface area contributed by atoms with Gasteiger partial charge in [-0.2, -0.15) is 0 Å². The van der Waals surface area contributed by atoms with Crippen molar-refractivity contribution in [1.82, 2.24) is 5.32 Å². The lowest BCUT2D eigenvalue weighted by molar-refractivity contribution is 0.355. The summed E-state index contributed by atoms with van der Waals surface area (Å²) in [4.78, 5) is 2.16. The molecule has 19 heavy (non-hydrogen) atoms. The molecule has 0 aliphatic carbocycles. The smallest absolute Gasteiger partial charge is 0.160 e. The van der Waals surface area contributed by atoms with Gasteiger partial charge in [0.05, 0.1) is 0 Å². The summed E-state index contributed by atoms with van der Waals surface area (Å²) in [5.41, 5.74) is 0.765. The highest BCUT2D eigenvalue weighted by molar-refractivity contribution is 5.48. The van der Waals surface area contributed by atoms with Crippen molar-refractivity contribution in [2.24, 2.45) is 5.92 Å². The Balaban J connectivity index is 2.14. The van der Waals surface area contributed by atoms with Crippen LogP contribution < -0.4 is 10.2 Å². The van der Waals surface area contributed by atoms with Crippen LogP contribution in [0, 0.1) is 17.6 Å². The number of nitrogens with zero attached hydrogens (tertiary/aromatic N) is 1. The molecule has 1 aliphatic rings. The number of hydrogen-bond donors (Lipinski definition) is 1. The van der Waals surface area contributed by atoms with E-state index in [-0.39, 0.29) is 6.04 Å². The number of hydrogen-bond acceptors (Lipinski definition) is 2. The lowest BCUT2D eigenvalue weighted by Gasteiger charge is -2.41. The molecule has 4 heteroatoms. The zero-order valence-electron chi connectivity index (χ0n) is 11.8. The minimum Gasteiger partial charge on any atom is -0.366 e. The summed E-state index contributed by atoms with van der Waals surface area (Å²) in [7, 11) is 0. The number of halogens is 2. The molecular weight excluding hydrogens is 246 g/mol. The fraction of sp³-hybridized carbons (Fsp3) is 0.600. The summed E-state index contributed by atoms with van der Waals surface area (Å²) in [6.45, 7) is 8.20. The maximum Gasteiger partial charge on any atom is 0.160 e. The van der Waals surface area contributed by atoms with Crippen LogP contribution in [-0.4, -0.2) is 25.2 Å². The van der Waals surface area contributed by atoms with E-state index in [9.17, 15) is 8.78 Å². The monoisotopic (exact) mass is 268 g/mol. The van der Waals surface area contributed by atoms with Crippen LogP contribution in [0.2, 0.25) is 0 Å². The normalized spacial score (nSPS) is 24.0. The van der Waals surface area contributed by atoms with E-state index in [2.05, 4.69) is 31.0 Å². The lowest BCUT2D eigenvalue weighted by atomic mass is 9.99. The van der Waals surface area contributed by atoms with Crippen molar-refractivity contribution in [3.63, 3.8) is 0 Å². The predicted octanol–water partition coefficient (Wildman–Crippen LogP) is 3.18. The molecule has 2 atom stereocenters. The fourth-order valence-electron chi connectivity index (χ4n) is 2.68. The maximum absolute atomic E-state index is 13.4. The highest BCUT2D eigenvalue weighted by Gasteiger charge is 2.26. The third-order valence-corrected chi connectivity index (χ3v) is 3.64. The van der Waals surface area contributed by atoms with Crippen LogP contribution in [0.5, 0.6) is 0 Å². The van der Waals surface area contributed by atoms with Crippen LogP contribution >= 0.6 is 0 Å². The summed E-state index contributed by atoms with van der Waals surface area (Å²) < 4.78 is 26.4. The number of anilines is 1. The van der Waals surface area contributed by atoms with Gasteiger partial charge in [-0.1, -0.05) is 13.8 Å². The molecule has 2 nitrogen and oxygen atoms in total. The Morgan fingerprint density at radius 2 is 2.05 bits per heavy atom. The highest BCUT2D eigenvalue weighted by Crippen LogP contribution is 2.23. The molecule has 0 radical (unpaired) electrons. The molecule has 1 N–H and O–H groups in total. The first-order chi connectivity index (χ1) is 8.97. The molecule has 0 saturated carbocycles. The third-order valence-electron chi connectivity index (χ3n) is 3.64. The van der Waals surface area contributed by atoms with Gasteiger partial charge in [-0.25, -0.2) is 8.78 Å². The van der Waals surface area contributed by atoms with Crippen molar-refractivity contribution in [1.29, 1.82) is 0 Å².